The lowest BCUT2D eigenvalue weighted by Gasteiger charge is -2.24. The summed E-state index contributed by atoms with van der Waals surface area (Å²) in [4.78, 5) is 19.4. The molecule has 1 unspecified atom stereocenters. The molecule has 0 aliphatic heterocycles. The van der Waals surface area contributed by atoms with Gasteiger partial charge in [-0.3, -0.25) is 14.0 Å². The second-order valence-electron chi connectivity index (χ2n) is 10.1. The molecule has 0 aliphatic carbocycles. The Morgan fingerprint density at radius 2 is 1.87 bits per heavy atom. The van der Waals surface area contributed by atoms with Crippen molar-refractivity contribution in [2.24, 2.45) is 10.1 Å². The van der Waals surface area contributed by atoms with Crippen LogP contribution in [0.2, 0.25) is 5.02 Å². The van der Waals surface area contributed by atoms with Crippen molar-refractivity contribution in [3.8, 4) is 16.8 Å². The smallest absolute Gasteiger partial charge is 0.266 e. The molecule has 0 spiro atoms. The van der Waals surface area contributed by atoms with Gasteiger partial charge in [0, 0.05) is 31.1 Å². The summed E-state index contributed by atoms with van der Waals surface area (Å²) >= 11 is 7.73. The van der Waals surface area contributed by atoms with Crippen LogP contribution < -0.4 is 21.9 Å². The fourth-order valence-corrected chi connectivity index (χ4v) is 5.80. The molecule has 45 heavy (non-hydrogen) atoms. The van der Waals surface area contributed by atoms with E-state index in [0.29, 0.717) is 38.4 Å². The summed E-state index contributed by atoms with van der Waals surface area (Å²) in [6, 6.07) is 11.1. The number of amidine groups is 1. The van der Waals surface area contributed by atoms with Crippen molar-refractivity contribution in [2.75, 3.05) is 32.3 Å². The monoisotopic (exact) mass is 654 g/mol. The number of aryl methyl sites for hydroxylation is 1. The van der Waals surface area contributed by atoms with Crippen LogP contribution in [0.4, 0.5) is 18.9 Å². The minimum absolute atomic E-state index is 0.101. The standard InChI is InChI=1S/C31H30ClF3N8OS/c1-37-25(12-17-10-20(34)14-21(35)11-17)30-40-24-13-18(19-15-39-42(16-19)9-8-33)4-5-22(24)31(44)43(30)26-7-6-23(32)27(28(26)38-2)29(36)41-45-3/h4-7,10-11,13-16,25,37-38H,8-9,12H2,1-3H3,(H2,36,41). The number of hydrogen-bond donors (Lipinski definition) is 3. The highest BCUT2D eigenvalue weighted by Gasteiger charge is 2.25. The number of fused-ring (bicyclic) bond motifs is 1. The van der Waals surface area contributed by atoms with Crippen LogP contribution in [0.3, 0.4) is 0 Å². The SMILES string of the molecule is CNc1c(-n2c(C(Cc3cc(F)cc(F)c3)NC)nc3cc(-c4cnn(CCF)c4)ccc3c2=O)ccc(Cl)c1C(N)=NSC. The Labute approximate surface area is 266 Å². The molecule has 0 bridgehead atoms. The summed E-state index contributed by atoms with van der Waals surface area (Å²) in [6.45, 7) is -0.437. The fourth-order valence-electron chi connectivity index (χ4n) is 5.26. The van der Waals surface area contributed by atoms with Crippen molar-refractivity contribution in [3.63, 3.8) is 0 Å². The molecule has 0 saturated carbocycles. The first kappa shape index (κ1) is 32.1. The van der Waals surface area contributed by atoms with E-state index in [1.165, 1.54) is 21.4 Å². The number of likely N-dealkylation sites (N-methyl/N-ethyl adjacent to an activating group) is 1. The number of anilines is 1. The highest BCUT2D eigenvalue weighted by Crippen LogP contribution is 2.33. The maximum atomic E-state index is 14.4. The first-order valence-electron chi connectivity index (χ1n) is 13.8. The summed E-state index contributed by atoms with van der Waals surface area (Å²) in [5.41, 5.74) is 9.33. The number of nitrogens with two attached hydrogens (primary N) is 1. The van der Waals surface area contributed by atoms with Gasteiger partial charge in [-0.05, 0) is 72.9 Å². The van der Waals surface area contributed by atoms with Crippen LogP contribution in [-0.4, -0.2) is 52.2 Å². The third-order valence-electron chi connectivity index (χ3n) is 7.27. The van der Waals surface area contributed by atoms with Crippen molar-refractivity contribution < 1.29 is 13.2 Å². The number of nitrogens with one attached hydrogen (secondary N) is 2. The Morgan fingerprint density at radius 1 is 1.11 bits per heavy atom. The molecule has 2 heterocycles. The van der Waals surface area contributed by atoms with E-state index in [0.717, 1.165) is 29.1 Å². The van der Waals surface area contributed by atoms with Crippen LogP contribution in [-0.2, 0) is 13.0 Å². The number of benzene rings is 3. The topological polar surface area (TPSA) is 115 Å². The molecule has 14 heteroatoms. The molecule has 0 saturated heterocycles. The molecule has 0 radical (unpaired) electrons. The molecule has 234 valence electrons. The van der Waals surface area contributed by atoms with Gasteiger partial charge >= 0.3 is 0 Å². The molecule has 0 aliphatic rings. The van der Waals surface area contributed by atoms with Crippen molar-refractivity contribution >= 4 is 46.0 Å². The molecule has 1 atom stereocenters. The van der Waals surface area contributed by atoms with Crippen molar-refractivity contribution in [1.29, 1.82) is 0 Å². The molecule has 0 fully saturated rings. The zero-order valence-electron chi connectivity index (χ0n) is 24.6. The van der Waals surface area contributed by atoms with E-state index in [9.17, 15) is 18.0 Å². The zero-order valence-corrected chi connectivity index (χ0v) is 26.2. The van der Waals surface area contributed by atoms with Gasteiger partial charge in [-0.2, -0.15) is 9.50 Å². The van der Waals surface area contributed by atoms with Crippen molar-refractivity contribution in [3.05, 3.63) is 105 Å². The molecular weight excluding hydrogens is 625 g/mol. The van der Waals surface area contributed by atoms with Crippen LogP contribution in [0.15, 0.2) is 70.1 Å². The lowest BCUT2D eigenvalue weighted by atomic mass is 10.0. The predicted octanol–water partition coefficient (Wildman–Crippen LogP) is 5.68. The van der Waals surface area contributed by atoms with E-state index in [1.807, 2.05) is 0 Å². The lowest BCUT2D eigenvalue weighted by molar-refractivity contribution is 0.427. The van der Waals surface area contributed by atoms with Crippen molar-refractivity contribution in [2.45, 2.75) is 19.0 Å². The van der Waals surface area contributed by atoms with Gasteiger partial charge in [0.25, 0.3) is 5.56 Å². The minimum atomic E-state index is -0.718. The summed E-state index contributed by atoms with van der Waals surface area (Å²) < 4.78 is 48.4. The Balaban J connectivity index is 1.78. The van der Waals surface area contributed by atoms with E-state index in [-0.39, 0.29) is 24.6 Å². The summed E-state index contributed by atoms with van der Waals surface area (Å²) in [6.07, 6.45) is 5.19. The number of rotatable bonds is 11. The number of nitrogens with zero attached hydrogens (tertiary/aromatic N) is 5. The third kappa shape index (κ3) is 6.56. The first-order chi connectivity index (χ1) is 21.7. The molecule has 5 rings (SSSR count). The summed E-state index contributed by atoms with van der Waals surface area (Å²) in [5.74, 6) is -1.01. The normalized spacial score (nSPS) is 12.6. The van der Waals surface area contributed by atoms with Gasteiger partial charge in [-0.25, -0.2) is 18.2 Å². The molecular formula is C31H30ClF3N8OS. The van der Waals surface area contributed by atoms with E-state index < -0.39 is 29.9 Å². The molecule has 4 N–H and O–H groups in total. The average Bonchev–Trinajstić information content (AvgIpc) is 3.48. The maximum Gasteiger partial charge on any atom is 0.266 e. The van der Waals surface area contributed by atoms with E-state index >= 15 is 0 Å². The van der Waals surface area contributed by atoms with Gasteiger partial charge in [0.2, 0.25) is 0 Å². The van der Waals surface area contributed by atoms with Crippen molar-refractivity contribution in [1.82, 2.24) is 24.6 Å². The number of alkyl halides is 1. The zero-order chi connectivity index (χ0) is 32.2. The lowest BCUT2D eigenvalue weighted by Crippen LogP contribution is -2.32. The minimum Gasteiger partial charge on any atom is -0.386 e. The number of aromatic nitrogens is 4. The number of halogens is 4. The Morgan fingerprint density at radius 3 is 2.53 bits per heavy atom. The van der Waals surface area contributed by atoms with Gasteiger partial charge in [0.1, 0.15) is 30.0 Å². The van der Waals surface area contributed by atoms with Gasteiger partial charge < -0.3 is 16.4 Å². The highest BCUT2D eigenvalue weighted by molar-refractivity contribution is 7.97. The highest BCUT2D eigenvalue weighted by atomic mass is 35.5. The largest absolute Gasteiger partial charge is 0.386 e. The molecule has 0 amide bonds. The van der Waals surface area contributed by atoms with Gasteiger partial charge in [-0.1, -0.05) is 17.7 Å². The predicted molar refractivity (Wildman–Crippen MR) is 175 cm³/mol. The van der Waals surface area contributed by atoms with Crippen LogP contribution >= 0.6 is 23.5 Å². The molecule has 2 aromatic heterocycles. The quantitative estimate of drug-likeness (QED) is 0.0954. The molecule has 3 aromatic carbocycles. The van der Waals surface area contributed by atoms with E-state index in [1.54, 1.807) is 63.1 Å². The van der Waals surface area contributed by atoms with Crippen LogP contribution in [0.25, 0.3) is 27.7 Å². The Kier molecular flexibility index (Phi) is 9.80. The van der Waals surface area contributed by atoms with Crippen LogP contribution in [0, 0.1) is 11.6 Å². The molecule has 5 aromatic rings. The van der Waals surface area contributed by atoms with Gasteiger partial charge in [-0.15, -0.1) is 0 Å². The summed E-state index contributed by atoms with van der Waals surface area (Å²) in [5, 5.41) is 11.1. The fraction of sp³-hybridized carbons (Fsp3) is 0.226. The Hall–Kier alpha value is -4.33. The average molecular weight is 655 g/mol. The second-order valence-corrected chi connectivity index (χ2v) is 11.0. The third-order valence-corrected chi connectivity index (χ3v) is 7.96. The van der Waals surface area contributed by atoms with E-state index in [2.05, 4.69) is 20.1 Å². The maximum absolute atomic E-state index is 14.4. The van der Waals surface area contributed by atoms with Gasteiger partial charge in [0.15, 0.2) is 0 Å². The second kappa shape index (κ2) is 13.8. The Bertz CT molecular complexity index is 1940. The van der Waals surface area contributed by atoms with Gasteiger partial charge in [0.05, 0.1) is 51.6 Å². The number of hydrogen-bond acceptors (Lipinski definition) is 7. The molecule has 9 nitrogen and oxygen atoms in total. The van der Waals surface area contributed by atoms with Crippen LogP contribution in [0.5, 0.6) is 0 Å². The first-order valence-corrected chi connectivity index (χ1v) is 15.4. The van der Waals surface area contributed by atoms with Crippen LogP contribution in [0.1, 0.15) is 23.0 Å². The summed E-state index contributed by atoms with van der Waals surface area (Å²) in [7, 11) is 3.34. The van der Waals surface area contributed by atoms with E-state index in [4.69, 9.17) is 22.3 Å².